The van der Waals surface area contributed by atoms with Crippen molar-refractivity contribution >= 4 is 58.7 Å². The molecule has 0 spiro atoms. The van der Waals surface area contributed by atoms with E-state index in [0.717, 1.165) is 38.5 Å². The molecule has 1 N–H and O–H groups in total. The summed E-state index contributed by atoms with van der Waals surface area (Å²) in [6, 6.07) is 9.41. The molecule has 0 saturated carbocycles. The van der Waals surface area contributed by atoms with Crippen LogP contribution in [0.25, 0.3) is 0 Å². The van der Waals surface area contributed by atoms with Gasteiger partial charge in [-0.05, 0) is 55.7 Å². The van der Waals surface area contributed by atoms with Crippen LogP contribution in [0.4, 0.5) is 0 Å². The van der Waals surface area contributed by atoms with Gasteiger partial charge >= 0.3 is 23.9 Å². The lowest BCUT2D eigenvalue weighted by Crippen LogP contribution is -2.34. The number of rotatable bonds is 32. The molecule has 0 aliphatic rings. The Morgan fingerprint density at radius 3 is 1.55 bits per heavy atom. The summed E-state index contributed by atoms with van der Waals surface area (Å²) in [5, 5.41) is 10.0. The molecule has 314 valence electrons. The molecule has 9 nitrogen and oxygen atoms in total. The molecule has 0 saturated heterocycles. The van der Waals surface area contributed by atoms with Crippen molar-refractivity contribution in [2.75, 3.05) is 6.61 Å². The van der Waals surface area contributed by atoms with Crippen molar-refractivity contribution in [3.05, 3.63) is 57.0 Å². The van der Waals surface area contributed by atoms with Gasteiger partial charge < -0.3 is 24.1 Å². The number of ether oxygens (including phenoxy) is 4. The van der Waals surface area contributed by atoms with Crippen molar-refractivity contribution in [1.82, 2.24) is 0 Å². The van der Waals surface area contributed by atoms with Gasteiger partial charge in [0.05, 0.1) is 5.02 Å². The van der Waals surface area contributed by atoms with Crippen molar-refractivity contribution in [3.8, 4) is 11.5 Å². The Morgan fingerprint density at radius 1 is 0.554 bits per heavy atom. The summed E-state index contributed by atoms with van der Waals surface area (Å²) in [5.41, 5.74) is 0.252. The SMILES string of the molecule is CCCCCCCCCCCC(=O)OCC(OC(=O)CCCC(=O)O)C(OC(=O)CCCCCCCCCCC)c1cc(Cl)ccc1Oc1ccc(Cl)cc1Cl. The lowest BCUT2D eigenvalue weighted by Gasteiger charge is -2.28. The molecule has 0 heterocycles. The zero-order chi connectivity index (χ0) is 41.0. The van der Waals surface area contributed by atoms with Gasteiger partial charge in [0.1, 0.15) is 18.1 Å². The monoisotopic (exact) mass is 840 g/mol. The number of halogens is 3. The summed E-state index contributed by atoms with van der Waals surface area (Å²) < 4.78 is 23.8. The molecular formula is C44H63Cl3O9. The average molecular weight is 842 g/mol. The highest BCUT2D eigenvalue weighted by Crippen LogP contribution is 2.39. The molecule has 12 heteroatoms. The number of hydrogen-bond acceptors (Lipinski definition) is 8. The van der Waals surface area contributed by atoms with E-state index in [-0.39, 0.29) is 59.2 Å². The zero-order valence-electron chi connectivity index (χ0n) is 33.4. The fourth-order valence-corrected chi connectivity index (χ4v) is 6.88. The van der Waals surface area contributed by atoms with Gasteiger partial charge in [-0.1, -0.05) is 151 Å². The van der Waals surface area contributed by atoms with Crippen molar-refractivity contribution in [2.45, 2.75) is 174 Å². The van der Waals surface area contributed by atoms with E-state index in [1.54, 1.807) is 24.3 Å². The van der Waals surface area contributed by atoms with E-state index in [1.165, 1.54) is 76.3 Å². The van der Waals surface area contributed by atoms with E-state index in [0.29, 0.717) is 17.9 Å². The molecule has 0 aliphatic carbocycles. The Hall–Kier alpha value is -3.01. The number of carbonyl (C=O) groups is 4. The van der Waals surface area contributed by atoms with Gasteiger partial charge in [0.25, 0.3) is 0 Å². The van der Waals surface area contributed by atoms with E-state index >= 15 is 0 Å². The van der Waals surface area contributed by atoms with Crippen LogP contribution in [-0.4, -0.2) is 41.7 Å². The number of esters is 3. The third-order valence-electron chi connectivity index (χ3n) is 9.42. The first-order valence-electron chi connectivity index (χ1n) is 20.7. The van der Waals surface area contributed by atoms with Crippen LogP contribution < -0.4 is 4.74 Å². The second kappa shape index (κ2) is 30.1. The highest BCUT2D eigenvalue weighted by Gasteiger charge is 2.34. The predicted octanol–water partition coefficient (Wildman–Crippen LogP) is 13.6. The quantitative estimate of drug-likeness (QED) is 0.0435. The Labute approximate surface area is 349 Å². The van der Waals surface area contributed by atoms with Gasteiger partial charge in [-0.15, -0.1) is 0 Å². The second-order valence-corrected chi connectivity index (χ2v) is 15.7. The summed E-state index contributed by atoms with van der Waals surface area (Å²) >= 11 is 19.1. The van der Waals surface area contributed by atoms with E-state index in [1.807, 2.05) is 0 Å². The second-order valence-electron chi connectivity index (χ2n) is 14.4. The Balaban J connectivity index is 2.29. The summed E-state index contributed by atoms with van der Waals surface area (Å²) in [7, 11) is 0. The van der Waals surface area contributed by atoms with E-state index < -0.39 is 42.7 Å². The summed E-state index contributed by atoms with van der Waals surface area (Å²) in [6.07, 6.45) is 16.7. The summed E-state index contributed by atoms with van der Waals surface area (Å²) in [4.78, 5) is 50.8. The zero-order valence-corrected chi connectivity index (χ0v) is 35.7. The fraction of sp³-hybridized carbons (Fsp3) is 0.636. The Morgan fingerprint density at radius 2 is 1.02 bits per heavy atom. The minimum atomic E-state index is -1.32. The molecule has 2 aromatic rings. The van der Waals surface area contributed by atoms with Crippen molar-refractivity contribution in [1.29, 1.82) is 0 Å². The topological polar surface area (TPSA) is 125 Å². The number of carboxylic acids is 1. The first-order valence-corrected chi connectivity index (χ1v) is 21.9. The minimum Gasteiger partial charge on any atom is -0.481 e. The molecule has 0 aliphatic heterocycles. The van der Waals surface area contributed by atoms with Crippen LogP contribution in [-0.2, 0) is 33.4 Å². The molecule has 0 fully saturated rings. The summed E-state index contributed by atoms with van der Waals surface area (Å²) in [5.74, 6) is -2.35. The van der Waals surface area contributed by atoms with Gasteiger partial charge in [-0.25, -0.2) is 0 Å². The van der Waals surface area contributed by atoms with E-state index in [4.69, 9.17) is 58.9 Å². The van der Waals surface area contributed by atoms with E-state index in [9.17, 15) is 19.2 Å². The Bertz CT molecular complexity index is 1450. The maximum Gasteiger partial charge on any atom is 0.306 e. The van der Waals surface area contributed by atoms with Crippen LogP contribution >= 0.6 is 34.8 Å². The lowest BCUT2D eigenvalue weighted by molar-refractivity contribution is -0.177. The molecule has 2 rings (SSSR count). The highest BCUT2D eigenvalue weighted by molar-refractivity contribution is 6.35. The van der Waals surface area contributed by atoms with Crippen LogP contribution in [0.3, 0.4) is 0 Å². The first-order chi connectivity index (χ1) is 27.0. The standard InChI is InChI=1S/C44H63Cl3O9/c1-3-5-7-9-11-13-15-17-19-23-41(50)53-32-39(55-42(51)25-21-22-40(48)49)44(56-43(52)24-20-18-16-14-12-10-8-6-4-2)35-30-33(45)26-28-37(35)54-38-29-27-34(46)31-36(38)47/h26-31,39,44H,3-25,32H2,1-2H3,(H,48,49). The van der Waals surface area contributed by atoms with Gasteiger partial charge in [0.15, 0.2) is 12.2 Å². The number of carboxylic acid groups (broad SMARTS) is 1. The third kappa shape index (κ3) is 22.1. The van der Waals surface area contributed by atoms with Gasteiger partial charge in [-0.3, -0.25) is 19.2 Å². The molecule has 0 bridgehead atoms. The van der Waals surface area contributed by atoms with Crippen LogP contribution in [0.15, 0.2) is 36.4 Å². The van der Waals surface area contributed by atoms with Crippen molar-refractivity contribution in [3.63, 3.8) is 0 Å². The predicted molar refractivity (Wildman–Crippen MR) is 223 cm³/mol. The highest BCUT2D eigenvalue weighted by atomic mass is 35.5. The molecule has 56 heavy (non-hydrogen) atoms. The number of carbonyl (C=O) groups excluding carboxylic acids is 3. The molecule has 2 aromatic carbocycles. The van der Waals surface area contributed by atoms with Crippen LogP contribution in [0.1, 0.15) is 173 Å². The van der Waals surface area contributed by atoms with Gasteiger partial charge in [0, 0.05) is 41.3 Å². The molecule has 0 aromatic heterocycles. The number of aliphatic carboxylic acids is 1. The van der Waals surface area contributed by atoms with Gasteiger partial charge in [-0.2, -0.15) is 0 Å². The molecule has 2 atom stereocenters. The number of benzene rings is 2. The smallest absolute Gasteiger partial charge is 0.306 e. The van der Waals surface area contributed by atoms with Crippen LogP contribution in [0.2, 0.25) is 15.1 Å². The normalized spacial score (nSPS) is 12.2. The first kappa shape index (κ1) is 49.1. The molecule has 0 amide bonds. The van der Waals surface area contributed by atoms with Crippen LogP contribution in [0, 0.1) is 0 Å². The van der Waals surface area contributed by atoms with Crippen molar-refractivity contribution < 1.29 is 43.2 Å². The third-order valence-corrected chi connectivity index (χ3v) is 10.2. The largest absolute Gasteiger partial charge is 0.481 e. The number of hydrogen-bond donors (Lipinski definition) is 1. The maximum absolute atomic E-state index is 13.5. The van der Waals surface area contributed by atoms with Crippen molar-refractivity contribution in [2.24, 2.45) is 0 Å². The molecule has 2 unspecified atom stereocenters. The average Bonchev–Trinajstić information content (AvgIpc) is 3.15. The maximum atomic E-state index is 13.5. The van der Waals surface area contributed by atoms with Crippen LogP contribution in [0.5, 0.6) is 11.5 Å². The lowest BCUT2D eigenvalue weighted by atomic mass is 10.0. The molecular weight excluding hydrogens is 779 g/mol. The van der Waals surface area contributed by atoms with E-state index in [2.05, 4.69) is 13.8 Å². The number of unbranched alkanes of at least 4 members (excludes halogenated alkanes) is 16. The molecule has 0 radical (unpaired) electrons. The van der Waals surface area contributed by atoms with Gasteiger partial charge in [0.2, 0.25) is 0 Å². The minimum absolute atomic E-state index is 0.0307. The Kier molecular flexibility index (Phi) is 26.4. The fourth-order valence-electron chi connectivity index (χ4n) is 6.25. The summed E-state index contributed by atoms with van der Waals surface area (Å²) in [6.45, 7) is 3.96.